The molecule has 0 amide bonds. The Hall–Kier alpha value is 0.470. The van der Waals surface area contributed by atoms with Crippen molar-refractivity contribution in [3.63, 3.8) is 0 Å². The lowest BCUT2D eigenvalue weighted by Crippen LogP contribution is -1.84. The van der Waals surface area contributed by atoms with E-state index in [9.17, 15) is 0 Å². The van der Waals surface area contributed by atoms with Gasteiger partial charge in [0.25, 0.3) is 0 Å². The summed E-state index contributed by atoms with van der Waals surface area (Å²) in [4.78, 5) is 0. The fraction of sp³-hybridized carbons (Fsp3) is 0.250. The van der Waals surface area contributed by atoms with E-state index in [-0.39, 0.29) is 0 Å². The average molecular weight is 298 g/mol. The standard InChI is InChI=1S/C8H7Br2Cl/c1-2-5-7(11)4-3-6(9)8(5)10/h3-4H,2H2,1H3. The number of hydrogen-bond donors (Lipinski definition) is 0. The minimum absolute atomic E-state index is 0.822. The third-order valence-corrected chi connectivity index (χ3v) is 3.95. The molecular weight excluding hydrogens is 291 g/mol. The largest absolute Gasteiger partial charge is 0.0840 e. The number of halogens is 3. The van der Waals surface area contributed by atoms with Gasteiger partial charge in [-0.3, -0.25) is 0 Å². The van der Waals surface area contributed by atoms with E-state index in [0.29, 0.717) is 0 Å². The lowest BCUT2D eigenvalue weighted by atomic mass is 10.2. The molecule has 11 heavy (non-hydrogen) atoms. The van der Waals surface area contributed by atoms with Gasteiger partial charge in [-0.2, -0.15) is 0 Å². The van der Waals surface area contributed by atoms with Crippen molar-refractivity contribution in [1.29, 1.82) is 0 Å². The fourth-order valence-electron chi connectivity index (χ4n) is 0.893. The van der Waals surface area contributed by atoms with Gasteiger partial charge in [0.1, 0.15) is 0 Å². The quantitative estimate of drug-likeness (QED) is 0.673. The van der Waals surface area contributed by atoms with Crippen LogP contribution in [0.4, 0.5) is 0 Å². The Kier molecular flexibility index (Phi) is 3.41. The maximum absolute atomic E-state index is 5.95. The van der Waals surface area contributed by atoms with Crippen LogP contribution in [0.1, 0.15) is 12.5 Å². The van der Waals surface area contributed by atoms with Gasteiger partial charge in [-0.25, -0.2) is 0 Å². The van der Waals surface area contributed by atoms with Gasteiger partial charge in [0.05, 0.1) is 0 Å². The van der Waals surface area contributed by atoms with Gasteiger partial charge in [-0.05, 0) is 56.0 Å². The predicted octanol–water partition coefficient (Wildman–Crippen LogP) is 4.43. The van der Waals surface area contributed by atoms with Crippen LogP contribution in [0.2, 0.25) is 5.02 Å². The molecule has 0 N–H and O–H groups in total. The van der Waals surface area contributed by atoms with Crippen molar-refractivity contribution in [2.45, 2.75) is 13.3 Å². The van der Waals surface area contributed by atoms with Crippen LogP contribution in [0.3, 0.4) is 0 Å². The van der Waals surface area contributed by atoms with E-state index < -0.39 is 0 Å². The van der Waals surface area contributed by atoms with Gasteiger partial charge in [0, 0.05) is 14.0 Å². The van der Waals surface area contributed by atoms with E-state index in [1.807, 2.05) is 12.1 Å². The molecule has 0 aliphatic carbocycles. The molecule has 0 aliphatic heterocycles. The molecule has 0 aromatic heterocycles. The predicted molar refractivity (Wildman–Crippen MR) is 56.2 cm³/mol. The zero-order valence-electron chi connectivity index (χ0n) is 6.00. The summed E-state index contributed by atoms with van der Waals surface area (Å²) in [6.07, 6.45) is 0.943. The van der Waals surface area contributed by atoms with Gasteiger partial charge in [-0.15, -0.1) is 0 Å². The molecule has 0 saturated heterocycles. The summed E-state index contributed by atoms with van der Waals surface area (Å²) in [5.74, 6) is 0. The van der Waals surface area contributed by atoms with Gasteiger partial charge < -0.3 is 0 Å². The molecular formula is C8H7Br2Cl. The first-order chi connectivity index (χ1) is 5.16. The van der Waals surface area contributed by atoms with Crippen LogP contribution in [0.15, 0.2) is 21.1 Å². The molecule has 0 saturated carbocycles. The van der Waals surface area contributed by atoms with Crippen molar-refractivity contribution < 1.29 is 0 Å². The van der Waals surface area contributed by atoms with E-state index in [0.717, 1.165) is 26.0 Å². The van der Waals surface area contributed by atoms with Crippen molar-refractivity contribution in [3.8, 4) is 0 Å². The Balaban J connectivity index is 3.29. The summed E-state index contributed by atoms with van der Waals surface area (Å²) in [5, 5.41) is 0.822. The molecule has 0 unspecified atom stereocenters. The lowest BCUT2D eigenvalue weighted by molar-refractivity contribution is 1.12. The molecule has 0 atom stereocenters. The van der Waals surface area contributed by atoms with E-state index in [4.69, 9.17) is 11.6 Å². The van der Waals surface area contributed by atoms with E-state index in [1.54, 1.807) is 0 Å². The molecule has 60 valence electrons. The van der Waals surface area contributed by atoms with Crippen LogP contribution in [0, 0.1) is 0 Å². The first-order valence-electron chi connectivity index (χ1n) is 3.29. The van der Waals surface area contributed by atoms with Gasteiger partial charge >= 0.3 is 0 Å². The Bertz CT molecular complexity index is 271. The van der Waals surface area contributed by atoms with E-state index in [2.05, 4.69) is 38.8 Å². The number of benzene rings is 1. The van der Waals surface area contributed by atoms with Crippen LogP contribution < -0.4 is 0 Å². The summed E-state index contributed by atoms with van der Waals surface area (Å²) >= 11 is 12.8. The zero-order chi connectivity index (χ0) is 8.43. The number of rotatable bonds is 1. The fourth-order valence-corrected chi connectivity index (χ4v) is 2.30. The Labute approximate surface area is 88.2 Å². The monoisotopic (exact) mass is 296 g/mol. The van der Waals surface area contributed by atoms with Crippen molar-refractivity contribution >= 4 is 43.5 Å². The van der Waals surface area contributed by atoms with E-state index >= 15 is 0 Å². The van der Waals surface area contributed by atoms with Crippen molar-refractivity contribution in [2.24, 2.45) is 0 Å². The van der Waals surface area contributed by atoms with Crippen LogP contribution in [0.25, 0.3) is 0 Å². The SMILES string of the molecule is CCc1c(Cl)ccc(Br)c1Br. The first-order valence-corrected chi connectivity index (χ1v) is 5.25. The summed E-state index contributed by atoms with van der Waals surface area (Å²) in [5.41, 5.74) is 1.15. The van der Waals surface area contributed by atoms with Gasteiger partial charge in [0.2, 0.25) is 0 Å². The molecule has 0 nitrogen and oxygen atoms in total. The van der Waals surface area contributed by atoms with Crippen LogP contribution in [-0.2, 0) is 6.42 Å². The highest BCUT2D eigenvalue weighted by Gasteiger charge is 2.05. The van der Waals surface area contributed by atoms with E-state index in [1.165, 1.54) is 0 Å². The van der Waals surface area contributed by atoms with Crippen molar-refractivity contribution in [3.05, 3.63) is 31.7 Å². The summed E-state index contributed by atoms with van der Waals surface area (Å²) in [6.45, 7) is 2.08. The summed E-state index contributed by atoms with van der Waals surface area (Å²) in [7, 11) is 0. The molecule has 0 aliphatic rings. The van der Waals surface area contributed by atoms with Gasteiger partial charge in [-0.1, -0.05) is 18.5 Å². The number of hydrogen-bond acceptors (Lipinski definition) is 0. The maximum Gasteiger partial charge on any atom is 0.0449 e. The summed E-state index contributed by atoms with van der Waals surface area (Å²) < 4.78 is 2.12. The minimum atomic E-state index is 0.822. The topological polar surface area (TPSA) is 0 Å². The second kappa shape index (κ2) is 3.92. The molecule has 0 radical (unpaired) electrons. The molecule has 3 heteroatoms. The maximum atomic E-state index is 5.95. The highest BCUT2D eigenvalue weighted by molar-refractivity contribution is 9.13. The normalized spacial score (nSPS) is 10.2. The minimum Gasteiger partial charge on any atom is -0.0840 e. The summed E-state index contributed by atoms with van der Waals surface area (Å²) in [6, 6.07) is 3.83. The molecule has 0 fully saturated rings. The molecule has 1 rings (SSSR count). The lowest BCUT2D eigenvalue weighted by Gasteiger charge is -2.05. The molecule has 0 heterocycles. The smallest absolute Gasteiger partial charge is 0.0449 e. The Morgan fingerprint density at radius 1 is 1.36 bits per heavy atom. The highest BCUT2D eigenvalue weighted by atomic mass is 79.9. The third-order valence-electron chi connectivity index (χ3n) is 1.49. The highest BCUT2D eigenvalue weighted by Crippen LogP contribution is 2.31. The van der Waals surface area contributed by atoms with Crippen LogP contribution >= 0.6 is 43.5 Å². The third kappa shape index (κ3) is 1.98. The Morgan fingerprint density at radius 2 is 2.00 bits per heavy atom. The average Bonchev–Trinajstić information content (AvgIpc) is 1.99. The van der Waals surface area contributed by atoms with Crippen LogP contribution in [0.5, 0.6) is 0 Å². The molecule has 1 aromatic rings. The Morgan fingerprint density at radius 3 is 2.45 bits per heavy atom. The first kappa shape index (κ1) is 9.56. The zero-order valence-corrected chi connectivity index (χ0v) is 9.92. The molecule has 1 aromatic carbocycles. The van der Waals surface area contributed by atoms with Gasteiger partial charge in [0.15, 0.2) is 0 Å². The van der Waals surface area contributed by atoms with Crippen LogP contribution in [-0.4, -0.2) is 0 Å². The van der Waals surface area contributed by atoms with Crippen molar-refractivity contribution in [2.75, 3.05) is 0 Å². The molecule has 0 bridgehead atoms. The second-order valence-corrected chi connectivity index (χ2v) is 4.23. The molecule has 0 spiro atoms. The van der Waals surface area contributed by atoms with Crippen molar-refractivity contribution in [1.82, 2.24) is 0 Å². The second-order valence-electron chi connectivity index (χ2n) is 2.18.